The topological polar surface area (TPSA) is 20.2 Å². The van der Waals surface area contributed by atoms with Crippen LogP contribution in [-0.4, -0.2) is 5.11 Å². The number of hydrogen-bond acceptors (Lipinski definition) is 1. The summed E-state index contributed by atoms with van der Waals surface area (Å²) in [5, 5.41) is 21.0. The summed E-state index contributed by atoms with van der Waals surface area (Å²) in [7, 11) is 0. The SMILES string of the molecule is OC1(c2ccccc2-c2ccc3ccc4cccc5ccc2c3c45)c2ccccc2-c2ccccc2-c2ccc(Br)cc21. The number of rotatable bonds is 2. The Bertz CT molecular complexity index is 2370. The fraction of sp³-hybridized carbons (Fsp3) is 0.0244. The summed E-state index contributed by atoms with van der Waals surface area (Å²) in [5.41, 5.74) is 7.64. The van der Waals surface area contributed by atoms with E-state index in [9.17, 15) is 5.11 Å². The maximum absolute atomic E-state index is 13.5. The smallest absolute Gasteiger partial charge is 0.142 e. The molecule has 43 heavy (non-hydrogen) atoms. The van der Waals surface area contributed by atoms with Crippen molar-refractivity contribution >= 4 is 48.2 Å². The van der Waals surface area contributed by atoms with Gasteiger partial charge in [0.15, 0.2) is 0 Å². The van der Waals surface area contributed by atoms with E-state index in [4.69, 9.17) is 0 Å². The molecular weight excluding hydrogens is 588 g/mol. The van der Waals surface area contributed by atoms with Gasteiger partial charge in [0.2, 0.25) is 0 Å². The third-order valence-electron chi connectivity index (χ3n) is 9.33. The summed E-state index contributed by atoms with van der Waals surface area (Å²) in [6, 6.07) is 51.4. The van der Waals surface area contributed by atoms with Crippen LogP contribution in [0.15, 0.2) is 150 Å². The van der Waals surface area contributed by atoms with E-state index in [2.05, 4.69) is 149 Å². The molecule has 2 heteroatoms. The first kappa shape index (κ1) is 24.8. The van der Waals surface area contributed by atoms with Gasteiger partial charge in [-0.25, -0.2) is 0 Å². The maximum Gasteiger partial charge on any atom is 0.142 e. The van der Waals surface area contributed by atoms with E-state index < -0.39 is 5.60 Å². The fourth-order valence-corrected chi connectivity index (χ4v) is 7.84. The Kier molecular flexibility index (Phi) is 5.26. The van der Waals surface area contributed by atoms with Crippen LogP contribution in [0.3, 0.4) is 0 Å². The number of hydrogen-bond donors (Lipinski definition) is 1. The van der Waals surface area contributed by atoms with Crippen molar-refractivity contribution in [2.24, 2.45) is 0 Å². The average Bonchev–Trinajstić information content (AvgIpc) is 3.15. The van der Waals surface area contributed by atoms with E-state index in [-0.39, 0.29) is 0 Å². The van der Waals surface area contributed by atoms with Crippen LogP contribution in [-0.2, 0) is 5.60 Å². The lowest BCUT2D eigenvalue weighted by molar-refractivity contribution is 0.128. The Balaban J connectivity index is 1.41. The highest BCUT2D eigenvalue weighted by atomic mass is 79.9. The summed E-state index contributed by atoms with van der Waals surface area (Å²) in [4.78, 5) is 0. The minimum atomic E-state index is -1.42. The highest BCUT2D eigenvalue weighted by molar-refractivity contribution is 9.10. The van der Waals surface area contributed by atoms with Gasteiger partial charge >= 0.3 is 0 Å². The van der Waals surface area contributed by atoms with Gasteiger partial charge in [0.05, 0.1) is 0 Å². The third-order valence-corrected chi connectivity index (χ3v) is 9.82. The molecule has 0 bridgehead atoms. The van der Waals surface area contributed by atoms with E-state index in [1.165, 1.54) is 32.3 Å². The van der Waals surface area contributed by atoms with Crippen molar-refractivity contribution in [2.75, 3.05) is 0 Å². The van der Waals surface area contributed by atoms with Gasteiger partial charge in [-0.15, -0.1) is 0 Å². The Morgan fingerprint density at radius 2 is 0.884 bits per heavy atom. The molecule has 0 radical (unpaired) electrons. The zero-order chi connectivity index (χ0) is 28.7. The van der Waals surface area contributed by atoms with E-state index in [1.54, 1.807) is 0 Å². The van der Waals surface area contributed by atoms with Gasteiger partial charge in [0.25, 0.3) is 0 Å². The number of fused-ring (bicyclic) bond motifs is 5. The molecule has 1 aliphatic carbocycles. The van der Waals surface area contributed by atoms with Crippen molar-refractivity contribution < 1.29 is 5.11 Å². The minimum Gasteiger partial charge on any atom is -0.376 e. The van der Waals surface area contributed by atoms with Crippen LogP contribution in [0.25, 0.3) is 65.7 Å². The van der Waals surface area contributed by atoms with Gasteiger partial charge in [-0.05, 0) is 77.8 Å². The molecule has 0 amide bonds. The van der Waals surface area contributed by atoms with Gasteiger partial charge in [-0.1, -0.05) is 149 Å². The lowest BCUT2D eigenvalue weighted by atomic mass is 9.74. The molecule has 0 saturated carbocycles. The Morgan fingerprint density at radius 3 is 1.56 bits per heavy atom. The number of benzene rings is 8. The van der Waals surface area contributed by atoms with Crippen molar-refractivity contribution in [1.82, 2.24) is 0 Å². The van der Waals surface area contributed by atoms with Crippen LogP contribution >= 0.6 is 15.9 Å². The Labute approximate surface area is 258 Å². The molecule has 0 aliphatic heterocycles. The van der Waals surface area contributed by atoms with Gasteiger partial charge in [-0.2, -0.15) is 0 Å². The van der Waals surface area contributed by atoms with Crippen LogP contribution in [0, 0.1) is 0 Å². The van der Waals surface area contributed by atoms with Crippen molar-refractivity contribution in [2.45, 2.75) is 5.60 Å². The van der Waals surface area contributed by atoms with Crippen LogP contribution < -0.4 is 0 Å². The molecule has 0 aromatic heterocycles. The number of halogens is 1. The summed E-state index contributed by atoms with van der Waals surface area (Å²) in [6.45, 7) is 0. The molecule has 0 spiro atoms. The van der Waals surface area contributed by atoms with Crippen LogP contribution in [0.2, 0.25) is 0 Å². The summed E-state index contributed by atoms with van der Waals surface area (Å²) in [5.74, 6) is 0. The lowest BCUT2D eigenvalue weighted by Crippen LogP contribution is -2.30. The van der Waals surface area contributed by atoms with Crippen molar-refractivity contribution in [3.63, 3.8) is 0 Å². The van der Waals surface area contributed by atoms with Crippen molar-refractivity contribution in [1.29, 1.82) is 0 Å². The van der Waals surface area contributed by atoms with Gasteiger partial charge in [0, 0.05) is 21.2 Å². The molecule has 0 fully saturated rings. The second-order valence-electron chi connectivity index (χ2n) is 11.5. The first-order valence-electron chi connectivity index (χ1n) is 14.6. The molecule has 8 aromatic rings. The molecule has 8 aromatic carbocycles. The van der Waals surface area contributed by atoms with Gasteiger partial charge in [-0.3, -0.25) is 0 Å². The third kappa shape index (κ3) is 3.42. The molecule has 1 nitrogen and oxygen atoms in total. The first-order valence-corrected chi connectivity index (χ1v) is 15.4. The van der Waals surface area contributed by atoms with Crippen LogP contribution in [0.4, 0.5) is 0 Å². The zero-order valence-electron chi connectivity index (χ0n) is 23.2. The maximum atomic E-state index is 13.5. The highest BCUT2D eigenvalue weighted by Crippen LogP contribution is 2.53. The standard InChI is InChI=1S/C41H25BrO/c42-28-20-23-34-30-11-2-1-10-29(30)32-12-3-5-14-36(32)41(43,38(34)24-28)37-15-6-4-13-33(37)31-21-18-27-17-16-25-8-7-9-26-19-22-35(31)40(27)39(25)26/h1-24,43H. The quantitative estimate of drug-likeness (QED) is 0.192. The fourth-order valence-electron chi connectivity index (χ4n) is 7.48. The molecule has 1 atom stereocenters. The Morgan fingerprint density at radius 1 is 0.395 bits per heavy atom. The first-order chi connectivity index (χ1) is 21.1. The number of aliphatic hydroxyl groups is 1. The molecular formula is C41H25BrO. The highest BCUT2D eigenvalue weighted by Gasteiger charge is 2.42. The van der Waals surface area contributed by atoms with Gasteiger partial charge in [0.1, 0.15) is 5.60 Å². The molecule has 0 heterocycles. The summed E-state index contributed by atoms with van der Waals surface area (Å²) < 4.78 is 0.932. The predicted molar refractivity (Wildman–Crippen MR) is 183 cm³/mol. The molecule has 1 unspecified atom stereocenters. The molecule has 1 aliphatic rings. The molecule has 1 N–H and O–H groups in total. The van der Waals surface area contributed by atoms with Crippen molar-refractivity contribution in [3.05, 3.63) is 167 Å². The zero-order valence-corrected chi connectivity index (χ0v) is 24.8. The van der Waals surface area contributed by atoms with Crippen LogP contribution in [0.1, 0.15) is 16.7 Å². The minimum absolute atomic E-state index is 0.865. The van der Waals surface area contributed by atoms with E-state index >= 15 is 0 Å². The van der Waals surface area contributed by atoms with Crippen molar-refractivity contribution in [3.8, 4) is 33.4 Å². The summed E-state index contributed by atoms with van der Waals surface area (Å²) >= 11 is 3.74. The van der Waals surface area contributed by atoms with E-state index in [0.29, 0.717) is 0 Å². The van der Waals surface area contributed by atoms with Gasteiger partial charge < -0.3 is 5.11 Å². The summed E-state index contributed by atoms with van der Waals surface area (Å²) in [6.07, 6.45) is 0. The largest absolute Gasteiger partial charge is 0.376 e. The Hall–Kier alpha value is -4.76. The normalized spacial score (nSPS) is 15.8. The van der Waals surface area contributed by atoms with E-state index in [1.807, 2.05) is 12.1 Å². The monoisotopic (exact) mass is 612 g/mol. The second kappa shape index (κ2) is 9.12. The molecule has 202 valence electrons. The molecule has 0 saturated heterocycles. The van der Waals surface area contributed by atoms with Crippen LogP contribution in [0.5, 0.6) is 0 Å². The lowest BCUT2D eigenvalue weighted by Gasteiger charge is -2.34. The van der Waals surface area contributed by atoms with E-state index in [0.717, 1.165) is 54.5 Å². The second-order valence-corrected chi connectivity index (χ2v) is 12.4. The molecule has 9 rings (SSSR count). The predicted octanol–water partition coefficient (Wildman–Crippen LogP) is 10.9. The average molecular weight is 614 g/mol.